The molecule has 0 spiro atoms. The molecule has 0 atom stereocenters. The van der Waals surface area contributed by atoms with Crippen molar-refractivity contribution in [3.63, 3.8) is 0 Å². The minimum absolute atomic E-state index is 0.591. The van der Waals surface area contributed by atoms with Crippen LogP contribution in [0.15, 0.2) is 90.6 Å². The molecule has 2 N–H and O–H groups in total. The molecule has 0 unspecified atom stereocenters. The number of ether oxygens (including phenoxy) is 1. The van der Waals surface area contributed by atoms with Crippen molar-refractivity contribution in [2.75, 3.05) is 7.05 Å². The summed E-state index contributed by atoms with van der Waals surface area (Å²) in [5, 5.41) is 6.56. The minimum atomic E-state index is 0.591. The van der Waals surface area contributed by atoms with Gasteiger partial charge in [0.05, 0.1) is 0 Å². The average molecular weight is 379 g/mol. The van der Waals surface area contributed by atoms with Crippen LogP contribution in [-0.2, 0) is 11.3 Å². The summed E-state index contributed by atoms with van der Waals surface area (Å²) in [4.78, 5) is 0. The topological polar surface area (TPSA) is 33.3 Å². The molecule has 3 nitrogen and oxygen atoms in total. The van der Waals surface area contributed by atoms with Crippen molar-refractivity contribution in [3.8, 4) is 0 Å². The largest absolute Gasteiger partial charge is 0.489 e. The first-order valence-electron chi connectivity index (χ1n) is 10.2. The van der Waals surface area contributed by atoms with Gasteiger partial charge in [-0.25, -0.2) is 0 Å². The highest BCUT2D eigenvalue weighted by molar-refractivity contribution is 5.28. The molecule has 1 aromatic carbocycles. The lowest BCUT2D eigenvalue weighted by atomic mass is 10.1. The van der Waals surface area contributed by atoms with Crippen molar-refractivity contribution >= 4 is 0 Å². The van der Waals surface area contributed by atoms with E-state index in [1.807, 2.05) is 37.4 Å². The van der Waals surface area contributed by atoms with Gasteiger partial charge in [-0.3, -0.25) is 0 Å². The van der Waals surface area contributed by atoms with E-state index in [-0.39, 0.29) is 0 Å². The fourth-order valence-corrected chi connectivity index (χ4v) is 2.99. The molecule has 0 aliphatic heterocycles. The van der Waals surface area contributed by atoms with Crippen molar-refractivity contribution in [1.82, 2.24) is 10.6 Å². The van der Waals surface area contributed by atoms with Crippen LogP contribution in [0.2, 0.25) is 0 Å². The van der Waals surface area contributed by atoms with E-state index < -0.39 is 0 Å². The zero-order valence-corrected chi connectivity index (χ0v) is 17.2. The molecule has 1 aromatic rings. The molecule has 2 rings (SSSR count). The first kappa shape index (κ1) is 21.6. The second-order valence-corrected chi connectivity index (χ2v) is 7.13. The van der Waals surface area contributed by atoms with E-state index in [9.17, 15) is 0 Å². The van der Waals surface area contributed by atoms with Gasteiger partial charge in [-0.05, 0) is 49.5 Å². The van der Waals surface area contributed by atoms with Crippen LogP contribution < -0.4 is 10.6 Å². The third-order valence-corrected chi connectivity index (χ3v) is 4.73. The van der Waals surface area contributed by atoms with Gasteiger partial charge in [-0.1, -0.05) is 62.4 Å². The van der Waals surface area contributed by atoms with Crippen LogP contribution in [0.5, 0.6) is 0 Å². The molecule has 0 saturated carbocycles. The molecule has 0 radical (unpaired) electrons. The molecule has 0 bridgehead atoms. The summed E-state index contributed by atoms with van der Waals surface area (Å²) in [6, 6.07) is 10.2. The van der Waals surface area contributed by atoms with Crippen LogP contribution in [0, 0.1) is 0 Å². The number of benzene rings is 1. The maximum atomic E-state index is 5.91. The van der Waals surface area contributed by atoms with E-state index in [0.29, 0.717) is 6.61 Å². The fourth-order valence-electron chi connectivity index (χ4n) is 2.99. The van der Waals surface area contributed by atoms with Crippen LogP contribution in [0.25, 0.3) is 0 Å². The number of hydrogen-bond donors (Lipinski definition) is 2. The molecule has 0 saturated heterocycles. The Hall–Kier alpha value is -2.68. The standard InChI is InChI=1S/C25H34N2O/c1-21(26-3)12-7-4-5-8-13-22(2)27-24-16-11-17-25(19-18-24)28-20-23-14-9-6-10-15-23/h6,9-11,14-17,19,26-27H,1-2,4-5,7-8,12-13,18,20H2,3H3. The zero-order valence-electron chi connectivity index (χ0n) is 17.2. The summed E-state index contributed by atoms with van der Waals surface area (Å²) in [5.41, 5.74) is 4.54. The number of rotatable bonds is 13. The van der Waals surface area contributed by atoms with E-state index in [1.165, 1.54) is 31.2 Å². The Kier molecular flexibility index (Phi) is 9.78. The number of nitrogens with one attached hydrogen (secondary N) is 2. The predicted octanol–water partition coefficient (Wildman–Crippen LogP) is 6.11. The Morgan fingerprint density at radius 2 is 1.71 bits per heavy atom. The van der Waals surface area contributed by atoms with Crippen molar-refractivity contribution in [3.05, 3.63) is 96.2 Å². The SMILES string of the molecule is C=C(CCCCCCC(=C)NC1=CC=CC(OCc2ccccc2)=CC1)NC. The molecule has 1 aliphatic carbocycles. The van der Waals surface area contributed by atoms with Gasteiger partial charge in [-0.15, -0.1) is 0 Å². The molecule has 0 heterocycles. The lowest BCUT2D eigenvalue weighted by molar-refractivity contribution is 0.210. The average Bonchev–Trinajstić information content (AvgIpc) is 2.94. The fraction of sp³-hybridized carbons (Fsp3) is 0.360. The van der Waals surface area contributed by atoms with Crippen LogP contribution in [0.3, 0.4) is 0 Å². The summed E-state index contributed by atoms with van der Waals surface area (Å²) in [5.74, 6) is 0.908. The van der Waals surface area contributed by atoms with Gasteiger partial charge < -0.3 is 15.4 Å². The first-order chi connectivity index (χ1) is 13.7. The smallest absolute Gasteiger partial charge is 0.116 e. The van der Waals surface area contributed by atoms with Gasteiger partial charge in [0.2, 0.25) is 0 Å². The monoisotopic (exact) mass is 378 g/mol. The number of unbranched alkanes of at least 4 members (excludes halogenated alkanes) is 3. The molecule has 28 heavy (non-hydrogen) atoms. The Balaban J connectivity index is 1.63. The summed E-state index contributed by atoms with van der Waals surface area (Å²) >= 11 is 0. The minimum Gasteiger partial charge on any atom is -0.489 e. The number of hydrogen-bond acceptors (Lipinski definition) is 3. The molecule has 0 fully saturated rings. The Bertz CT molecular complexity index is 713. The van der Waals surface area contributed by atoms with Crippen molar-refractivity contribution in [2.45, 2.75) is 51.6 Å². The van der Waals surface area contributed by atoms with E-state index in [0.717, 1.165) is 42.1 Å². The van der Waals surface area contributed by atoms with Crippen LogP contribution >= 0.6 is 0 Å². The third-order valence-electron chi connectivity index (χ3n) is 4.73. The summed E-state index contributed by atoms with van der Waals surface area (Å²) in [6.45, 7) is 8.74. The van der Waals surface area contributed by atoms with Crippen LogP contribution in [0.1, 0.15) is 50.5 Å². The van der Waals surface area contributed by atoms with Gasteiger partial charge in [0, 0.05) is 30.6 Å². The summed E-state index contributed by atoms with van der Waals surface area (Å²) in [6.07, 6.45) is 16.0. The molecule has 150 valence electrons. The highest BCUT2D eigenvalue weighted by Crippen LogP contribution is 2.16. The maximum absolute atomic E-state index is 5.91. The Labute approximate surface area is 170 Å². The second-order valence-electron chi connectivity index (χ2n) is 7.13. The Morgan fingerprint density at radius 3 is 2.43 bits per heavy atom. The highest BCUT2D eigenvalue weighted by atomic mass is 16.5. The van der Waals surface area contributed by atoms with E-state index in [2.05, 4.69) is 48.1 Å². The second kappa shape index (κ2) is 12.7. The van der Waals surface area contributed by atoms with Crippen molar-refractivity contribution < 1.29 is 4.74 Å². The Morgan fingerprint density at radius 1 is 1.00 bits per heavy atom. The van der Waals surface area contributed by atoms with Crippen molar-refractivity contribution in [1.29, 1.82) is 0 Å². The zero-order chi connectivity index (χ0) is 20.0. The van der Waals surface area contributed by atoms with Gasteiger partial charge in [0.1, 0.15) is 12.4 Å². The first-order valence-corrected chi connectivity index (χ1v) is 10.2. The molecular formula is C25H34N2O. The van der Waals surface area contributed by atoms with Crippen LogP contribution in [0.4, 0.5) is 0 Å². The molecular weight excluding hydrogens is 344 g/mol. The van der Waals surface area contributed by atoms with Gasteiger partial charge >= 0.3 is 0 Å². The third kappa shape index (κ3) is 8.81. The molecule has 3 heteroatoms. The lowest BCUT2D eigenvalue weighted by Crippen LogP contribution is -2.11. The lowest BCUT2D eigenvalue weighted by Gasteiger charge is -2.12. The quantitative estimate of drug-likeness (QED) is 0.406. The van der Waals surface area contributed by atoms with Gasteiger partial charge in [0.15, 0.2) is 0 Å². The van der Waals surface area contributed by atoms with Crippen molar-refractivity contribution in [2.24, 2.45) is 0 Å². The predicted molar refractivity (Wildman–Crippen MR) is 119 cm³/mol. The number of allylic oxidation sites excluding steroid dienone is 6. The van der Waals surface area contributed by atoms with E-state index in [4.69, 9.17) is 4.74 Å². The summed E-state index contributed by atoms with van der Waals surface area (Å²) < 4.78 is 5.91. The molecule has 1 aliphatic rings. The van der Waals surface area contributed by atoms with Crippen LogP contribution in [-0.4, -0.2) is 7.05 Å². The summed E-state index contributed by atoms with van der Waals surface area (Å²) in [7, 11) is 1.93. The van der Waals surface area contributed by atoms with Gasteiger partial charge in [-0.2, -0.15) is 0 Å². The van der Waals surface area contributed by atoms with E-state index >= 15 is 0 Å². The highest BCUT2D eigenvalue weighted by Gasteiger charge is 2.03. The van der Waals surface area contributed by atoms with Gasteiger partial charge in [0.25, 0.3) is 0 Å². The molecule has 0 aromatic heterocycles. The van der Waals surface area contributed by atoms with E-state index in [1.54, 1.807) is 0 Å². The molecule has 0 amide bonds. The normalized spacial score (nSPS) is 13.2. The maximum Gasteiger partial charge on any atom is 0.116 e.